The molecular weight excluding hydrogens is 345 g/mol. The van der Waals surface area contributed by atoms with Crippen LogP contribution in [0.2, 0.25) is 5.02 Å². The van der Waals surface area contributed by atoms with Gasteiger partial charge in [-0.15, -0.1) is 0 Å². The molecule has 1 heterocycles. The van der Waals surface area contributed by atoms with E-state index in [1.807, 2.05) is 6.92 Å². The maximum atomic E-state index is 13.2. The van der Waals surface area contributed by atoms with E-state index in [0.717, 1.165) is 23.8 Å². The Bertz CT molecular complexity index is 634. The molecule has 1 aliphatic heterocycles. The number of carbonyl (C=O) groups is 2. The topological polar surface area (TPSA) is 49.4 Å². The van der Waals surface area contributed by atoms with Gasteiger partial charge in [-0.1, -0.05) is 24.9 Å². The molecule has 0 aromatic heterocycles. The Balaban J connectivity index is 2.19. The summed E-state index contributed by atoms with van der Waals surface area (Å²) in [5, 5.41) is 2.65. The molecule has 2 amide bonds. The molecule has 132 valence electrons. The van der Waals surface area contributed by atoms with Gasteiger partial charge in [-0.25, -0.2) is 0 Å². The van der Waals surface area contributed by atoms with Crippen LogP contribution in [0.5, 0.6) is 0 Å². The third kappa shape index (κ3) is 4.20. The van der Waals surface area contributed by atoms with E-state index in [4.69, 9.17) is 11.6 Å². The van der Waals surface area contributed by atoms with E-state index in [2.05, 4.69) is 5.32 Å². The highest BCUT2D eigenvalue weighted by molar-refractivity contribution is 6.30. The van der Waals surface area contributed by atoms with Crippen molar-refractivity contribution in [2.24, 2.45) is 5.92 Å². The molecule has 0 bridgehead atoms. The molecule has 1 aromatic carbocycles. The van der Waals surface area contributed by atoms with Gasteiger partial charge in [-0.05, 0) is 24.6 Å². The number of benzene rings is 1. The molecule has 1 atom stereocenters. The molecule has 0 saturated carbocycles. The lowest BCUT2D eigenvalue weighted by Gasteiger charge is -2.22. The lowest BCUT2D eigenvalue weighted by molar-refractivity contribution is -0.137. The van der Waals surface area contributed by atoms with E-state index in [-0.39, 0.29) is 29.6 Å². The Kier molecular flexibility index (Phi) is 5.74. The van der Waals surface area contributed by atoms with Crippen molar-refractivity contribution < 1.29 is 22.8 Å². The Morgan fingerprint density at radius 2 is 2.12 bits per heavy atom. The lowest BCUT2D eigenvalue weighted by atomic mass is 10.1. The van der Waals surface area contributed by atoms with Crippen molar-refractivity contribution in [1.82, 2.24) is 5.32 Å². The number of hydrogen-bond acceptors (Lipinski definition) is 2. The number of anilines is 1. The largest absolute Gasteiger partial charge is 0.418 e. The first kappa shape index (κ1) is 18.6. The molecule has 0 radical (unpaired) electrons. The summed E-state index contributed by atoms with van der Waals surface area (Å²) in [5.41, 5.74) is -1.24. The van der Waals surface area contributed by atoms with Gasteiger partial charge < -0.3 is 10.2 Å². The van der Waals surface area contributed by atoms with Crippen LogP contribution in [0.3, 0.4) is 0 Å². The Labute approximate surface area is 143 Å². The Morgan fingerprint density at radius 1 is 1.42 bits per heavy atom. The van der Waals surface area contributed by atoms with Crippen molar-refractivity contribution in [2.45, 2.75) is 32.4 Å². The number of hydrogen-bond donors (Lipinski definition) is 1. The van der Waals surface area contributed by atoms with Gasteiger partial charge in [0.2, 0.25) is 11.8 Å². The molecule has 1 aromatic rings. The van der Waals surface area contributed by atoms with Crippen LogP contribution in [0.15, 0.2) is 18.2 Å². The fourth-order valence-electron chi connectivity index (χ4n) is 2.62. The summed E-state index contributed by atoms with van der Waals surface area (Å²) < 4.78 is 39.6. The summed E-state index contributed by atoms with van der Waals surface area (Å²) >= 11 is 5.65. The second-order valence-electron chi connectivity index (χ2n) is 5.71. The van der Waals surface area contributed by atoms with Gasteiger partial charge in [0.25, 0.3) is 0 Å². The van der Waals surface area contributed by atoms with Gasteiger partial charge in [0.1, 0.15) is 0 Å². The van der Waals surface area contributed by atoms with Gasteiger partial charge in [0, 0.05) is 24.5 Å². The zero-order valence-corrected chi connectivity index (χ0v) is 13.9. The van der Waals surface area contributed by atoms with Gasteiger partial charge in [0.15, 0.2) is 0 Å². The van der Waals surface area contributed by atoms with Crippen LogP contribution >= 0.6 is 11.6 Å². The molecule has 4 nitrogen and oxygen atoms in total. The van der Waals surface area contributed by atoms with Crippen molar-refractivity contribution in [1.29, 1.82) is 0 Å². The lowest BCUT2D eigenvalue weighted by Crippen LogP contribution is -2.34. The van der Waals surface area contributed by atoms with Crippen molar-refractivity contribution in [2.75, 3.05) is 18.0 Å². The van der Waals surface area contributed by atoms with Crippen LogP contribution in [-0.4, -0.2) is 24.9 Å². The zero-order chi connectivity index (χ0) is 17.9. The average molecular weight is 363 g/mol. The molecule has 1 fully saturated rings. The molecule has 1 aliphatic rings. The summed E-state index contributed by atoms with van der Waals surface area (Å²) in [6.45, 7) is 2.41. The Morgan fingerprint density at radius 3 is 2.75 bits per heavy atom. The minimum Gasteiger partial charge on any atom is -0.356 e. The molecule has 2 rings (SSSR count). The zero-order valence-electron chi connectivity index (χ0n) is 13.1. The average Bonchev–Trinajstić information content (AvgIpc) is 2.88. The molecular formula is C16H18ClF3N2O2. The van der Waals surface area contributed by atoms with Crippen molar-refractivity contribution in [3.05, 3.63) is 28.8 Å². The summed E-state index contributed by atoms with van der Waals surface area (Å²) in [6.07, 6.45) is -3.01. The molecule has 0 spiro atoms. The first-order chi connectivity index (χ1) is 11.2. The number of halogens is 4. The van der Waals surface area contributed by atoms with Gasteiger partial charge in [-0.3, -0.25) is 9.59 Å². The summed E-state index contributed by atoms with van der Waals surface area (Å²) in [7, 11) is 0. The highest BCUT2D eigenvalue weighted by Crippen LogP contribution is 2.40. The normalized spacial score (nSPS) is 18.1. The third-order valence-electron chi connectivity index (χ3n) is 3.88. The maximum Gasteiger partial charge on any atom is 0.418 e. The van der Waals surface area contributed by atoms with Crippen LogP contribution in [-0.2, 0) is 15.8 Å². The van der Waals surface area contributed by atoms with E-state index in [0.29, 0.717) is 6.54 Å². The first-order valence-electron chi connectivity index (χ1n) is 7.69. The SMILES string of the molecule is CCCCNC(=O)C1CC(=O)N(c2ccc(Cl)cc2C(F)(F)F)C1. The van der Waals surface area contributed by atoms with Crippen molar-refractivity contribution in [3.63, 3.8) is 0 Å². The third-order valence-corrected chi connectivity index (χ3v) is 4.12. The minimum atomic E-state index is -4.64. The highest BCUT2D eigenvalue weighted by atomic mass is 35.5. The number of alkyl halides is 3. The molecule has 1 unspecified atom stereocenters. The van der Waals surface area contributed by atoms with E-state index >= 15 is 0 Å². The van der Waals surface area contributed by atoms with Crippen molar-refractivity contribution in [3.8, 4) is 0 Å². The maximum absolute atomic E-state index is 13.2. The van der Waals surface area contributed by atoms with Crippen molar-refractivity contribution >= 4 is 29.1 Å². The smallest absolute Gasteiger partial charge is 0.356 e. The van der Waals surface area contributed by atoms with Gasteiger partial charge >= 0.3 is 6.18 Å². The van der Waals surface area contributed by atoms with E-state index in [9.17, 15) is 22.8 Å². The van der Waals surface area contributed by atoms with E-state index < -0.39 is 23.6 Å². The van der Waals surface area contributed by atoms with Crippen LogP contribution in [0.25, 0.3) is 0 Å². The molecule has 0 aliphatic carbocycles. The fraction of sp³-hybridized carbons (Fsp3) is 0.500. The Hall–Kier alpha value is -1.76. The highest BCUT2D eigenvalue weighted by Gasteiger charge is 2.40. The second-order valence-corrected chi connectivity index (χ2v) is 6.15. The molecule has 1 N–H and O–H groups in total. The van der Waals surface area contributed by atoms with Crippen LogP contribution in [0.1, 0.15) is 31.7 Å². The van der Waals surface area contributed by atoms with Crippen LogP contribution < -0.4 is 10.2 Å². The summed E-state index contributed by atoms with van der Waals surface area (Å²) in [4.78, 5) is 25.2. The van der Waals surface area contributed by atoms with E-state index in [1.54, 1.807) is 0 Å². The second kappa shape index (κ2) is 7.42. The fourth-order valence-corrected chi connectivity index (χ4v) is 2.79. The predicted octanol–water partition coefficient (Wildman–Crippen LogP) is 3.63. The number of amides is 2. The quantitative estimate of drug-likeness (QED) is 0.813. The minimum absolute atomic E-state index is 0.0634. The number of unbranched alkanes of at least 4 members (excludes halogenated alkanes) is 1. The molecule has 1 saturated heterocycles. The standard InChI is InChI=1S/C16H18ClF3N2O2/c1-2-3-6-21-15(24)10-7-14(23)22(9-10)13-5-4-11(17)8-12(13)16(18,19)20/h4-5,8,10H,2-3,6-7,9H2,1H3,(H,21,24). The summed E-state index contributed by atoms with van der Waals surface area (Å²) in [5.74, 6) is -1.45. The van der Waals surface area contributed by atoms with Crippen LogP contribution in [0, 0.1) is 5.92 Å². The summed E-state index contributed by atoms with van der Waals surface area (Å²) in [6, 6.07) is 3.26. The molecule has 24 heavy (non-hydrogen) atoms. The first-order valence-corrected chi connectivity index (χ1v) is 8.06. The molecule has 8 heteroatoms. The number of nitrogens with one attached hydrogen (secondary N) is 1. The van der Waals surface area contributed by atoms with E-state index in [1.165, 1.54) is 12.1 Å². The van der Waals surface area contributed by atoms with Crippen LogP contribution in [0.4, 0.5) is 18.9 Å². The number of carbonyl (C=O) groups excluding carboxylic acids is 2. The predicted molar refractivity (Wildman–Crippen MR) is 84.8 cm³/mol. The van der Waals surface area contributed by atoms with Gasteiger partial charge in [-0.2, -0.15) is 13.2 Å². The number of nitrogens with zero attached hydrogens (tertiary/aromatic N) is 1. The van der Waals surface area contributed by atoms with Gasteiger partial charge in [0.05, 0.1) is 17.2 Å². The number of rotatable bonds is 5. The monoisotopic (exact) mass is 362 g/mol.